The monoisotopic (exact) mass is 184 g/mol. The Morgan fingerprint density at radius 1 is 1.77 bits per heavy atom. The summed E-state index contributed by atoms with van der Waals surface area (Å²) in [5.41, 5.74) is -0.719. The fourth-order valence-corrected chi connectivity index (χ4v) is 1.31. The zero-order valence-electron chi connectivity index (χ0n) is 7.92. The first kappa shape index (κ1) is 10.5. The summed E-state index contributed by atoms with van der Waals surface area (Å²) in [5.74, 6) is 0. The molecule has 2 N–H and O–H groups in total. The first-order chi connectivity index (χ1) is 6.16. The Morgan fingerprint density at radius 3 is 3.08 bits per heavy atom. The van der Waals surface area contributed by atoms with Gasteiger partial charge in [0.25, 0.3) is 0 Å². The Hall–Kier alpha value is -0.630. The fraction of sp³-hybridized carbons (Fsp3) is 0.889. The minimum Gasteiger partial charge on any atom is -0.386 e. The van der Waals surface area contributed by atoms with E-state index in [0.717, 1.165) is 0 Å². The molecule has 2 unspecified atom stereocenters. The molecule has 1 saturated heterocycles. The van der Waals surface area contributed by atoms with Gasteiger partial charge in [0, 0.05) is 25.6 Å². The average molecular weight is 184 g/mol. The van der Waals surface area contributed by atoms with Gasteiger partial charge in [0.2, 0.25) is 0 Å². The molecule has 4 nitrogen and oxygen atoms in total. The Labute approximate surface area is 78.5 Å². The third-order valence-electron chi connectivity index (χ3n) is 2.26. The number of nitrogens with zero attached hydrogens (tertiary/aromatic N) is 1. The van der Waals surface area contributed by atoms with Crippen molar-refractivity contribution in [3.8, 4) is 6.07 Å². The molecule has 2 atom stereocenters. The van der Waals surface area contributed by atoms with E-state index in [0.29, 0.717) is 32.6 Å². The van der Waals surface area contributed by atoms with Crippen LogP contribution in [0.1, 0.15) is 19.8 Å². The molecule has 1 rings (SSSR count). The number of aliphatic hydroxyl groups is 1. The van der Waals surface area contributed by atoms with Crippen LogP contribution in [0.3, 0.4) is 0 Å². The second kappa shape index (κ2) is 4.56. The highest BCUT2D eigenvalue weighted by atomic mass is 16.5. The van der Waals surface area contributed by atoms with Crippen molar-refractivity contribution >= 4 is 0 Å². The second-order valence-corrected chi connectivity index (χ2v) is 3.67. The van der Waals surface area contributed by atoms with E-state index in [9.17, 15) is 5.11 Å². The van der Waals surface area contributed by atoms with Gasteiger partial charge in [-0.25, -0.2) is 0 Å². The first-order valence-electron chi connectivity index (χ1n) is 4.57. The van der Waals surface area contributed by atoms with E-state index >= 15 is 0 Å². The predicted molar refractivity (Wildman–Crippen MR) is 48.1 cm³/mol. The van der Waals surface area contributed by atoms with Crippen LogP contribution in [0.2, 0.25) is 0 Å². The SMILES string of the molecule is CC(CC#N)NCC1(O)CCOC1. The Morgan fingerprint density at radius 2 is 2.54 bits per heavy atom. The zero-order valence-corrected chi connectivity index (χ0v) is 7.92. The minimum absolute atomic E-state index is 0.134. The summed E-state index contributed by atoms with van der Waals surface area (Å²) < 4.78 is 5.10. The summed E-state index contributed by atoms with van der Waals surface area (Å²) in [4.78, 5) is 0. The van der Waals surface area contributed by atoms with Crippen LogP contribution >= 0.6 is 0 Å². The third kappa shape index (κ3) is 3.31. The molecular weight excluding hydrogens is 168 g/mol. The van der Waals surface area contributed by atoms with Crippen LogP contribution in [0.15, 0.2) is 0 Å². The lowest BCUT2D eigenvalue weighted by Crippen LogP contribution is -2.44. The smallest absolute Gasteiger partial charge is 0.102 e. The van der Waals surface area contributed by atoms with Crippen molar-refractivity contribution in [2.75, 3.05) is 19.8 Å². The first-order valence-corrected chi connectivity index (χ1v) is 4.57. The third-order valence-corrected chi connectivity index (χ3v) is 2.26. The standard InChI is InChI=1S/C9H16N2O2/c1-8(2-4-10)11-6-9(12)3-5-13-7-9/h8,11-12H,2-3,5-7H2,1H3. The van der Waals surface area contributed by atoms with Crippen LogP contribution in [0, 0.1) is 11.3 Å². The number of hydrogen-bond acceptors (Lipinski definition) is 4. The van der Waals surface area contributed by atoms with Crippen LogP contribution in [0.5, 0.6) is 0 Å². The van der Waals surface area contributed by atoms with Gasteiger partial charge in [-0.15, -0.1) is 0 Å². The van der Waals surface area contributed by atoms with Gasteiger partial charge in [-0.05, 0) is 6.92 Å². The molecule has 13 heavy (non-hydrogen) atoms. The summed E-state index contributed by atoms with van der Waals surface area (Å²) in [6.45, 7) is 3.47. The highest BCUT2D eigenvalue weighted by Gasteiger charge is 2.31. The van der Waals surface area contributed by atoms with Gasteiger partial charge in [0.05, 0.1) is 19.1 Å². The molecule has 0 aromatic carbocycles. The van der Waals surface area contributed by atoms with Gasteiger partial charge >= 0.3 is 0 Å². The molecule has 0 amide bonds. The van der Waals surface area contributed by atoms with Gasteiger partial charge in [-0.2, -0.15) is 5.26 Å². The van der Waals surface area contributed by atoms with Gasteiger partial charge in [-0.3, -0.25) is 0 Å². The molecule has 1 heterocycles. The van der Waals surface area contributed by atoms with Crippen molar-refractivity contribution in [2.24, 2.45) is 0 Å². The van der Waals surface area contributed by atoms with E-state index in [2.05, 4.69) is 11.4 Å². The molecule has 1 aliphatic heterocycles. The Bertz CT molecular complexity index is 194. The molecule has 0 aliphatic carbocycles. The van der Waals surface area contributed by atoms with Crippen molar-refractivity contribution in [1.82, 2.24) is 5.32 Å². The van der Waals surface area contributed by atoms with Crippen LogP contribution in [0.4, 0.5) is 0 Å². The largest absolute Gasteiger partial charge is 0.386 e. The number of nitrogens with one attached hydrogen (secondary N) is 1. The lowest BCUT2D eigenvalue weighted by atomic mass is 10.0. The number of rotatable bonds is 4. The molecule has 4 heteroatoms. The summed E-state index contributed by atoms with van der Waals surface area (Å²) >= 11 is 0. The summed E-state index contributed by atoms with van der Waals surface area (Å²) in [7, 11) is 0. The van der Waals surface area contributed by atoms with E-state index in [-0.39, 0.29) is 6.04 Å². The van der Waals surface area contributed by atoms with E-state index in [4.69, 9.17) is 10.00 Å². The molecule has 0 saturated carbocycles. The normalized spacial score (nSPS) is 29.9. The second-order valence-electron chi connectivity index (χ2n) is 3.67. The topological polar surface area (TPSA) is 65.3 Å². The molecule has 74 valence electrons. The quantitative estimate of drug-likeness (QED) is 0.647. The molecule has 0 aromatic heterocycles. The van der Waals surface area contributed by atoms with E-state index in [1.165, 1.54) is 0 Å². The molecule has 0 spiro atoms. The minimum atomic E-state index is -0.719. The lowest BCUT2D eigenvalue weighted by Gasteiger charge is -2.22. The van der Waals surface area contributed by atoms with Crippen molar-refractivity contribution in [3.63, 3.8) is 0 Å². The van der Waals surface area contributed by atoms with Crippen molar-refractivity contribution in [3.05, 3.63) is 0 Å². The summed E-state index contributed by atoms with van der Waals surface area (Å²) in [6.07, 6.45) is 1.15. The van der Waals surface area contributed by atoms with E-state index in [1.807, 2.05) is 6.92 Å². The van der Waals surface area contributed by atoms with Gasteiger partial charge < -0.3 is 15.2 Å². The average Bonchev–Trinajstić information content (AvgIpc) is 2.51. The zero-order chi connectivity index (χ0) is 9.73. The lowest BCUT2D eigenvalue weighted by molar-refractivity contribution is 0.0253. The molecule has 1 aliphatic rings. The Balaban J connectivity index is 2.21. The number of hydrogen-bond donors (Lipinski definition) is 2. The van der Waals surface area contributed by atoms with Gasteiger partial charge in [-0.1, -0.05) is 0 Å². The summed E-state index contributed by atoms with van der Waals surface area (Å²) in [5, 5.41) is 21.4. The molecule has 1 fully saturated rings. The van der Waals surface area contributed by atoms with E-state index in [1.54, 1.807) is 0 Å². The number of nitriles is 1. The molecule has 0 radical (unpaired) electrons. The van der Waals surface area contributed by atoms with E-state index < -0.39 is 5.60 Å². The fourth-order valence-electron chi connectivity index (χ4n) is 1.31. The molecular formula is C9H16N2O2. The Kier molecular flexibility index (Phi) is 3.67. The number of ether oxygens (including phenoxy) is 1. The maximum Gasteiger partial charge on any atom is 0.102 e. The summed E-state index contributed by atoms with van der Waals surface area (Å²) in [6, 6.07) is 2.21. The van der Waals surface area contributed by atoms with Crippen LogP contribution in [-0.4, -0.2) is 36.5 Å². The predicted octanol–water partition coefficient (Wildman–Crippen LogP) is 0.0296. The maximum absolute atomic E-state index is 9.84. The van der Waals surface area contributed by atoms with Crippen LogP contribution in [-0.2, 0) is 4.74 Å². The van der Waals surface area contributed by atoms with Crippen LogP contribution in [0.25, 0.3) is 0 Å². The molecule has 0 bridgehead atoms. The molecule has 0 aromatic rings. The van der Waals surface area contributed by atoms with Crippen molar-refractivity contribution in [2.45, 2.75) is 31.4 Å². The highest BCUT2D eigenvalue weighted by Crippen LogP contribution is 2.17. The van der Waals surface area contributed by atoms with Crippen molar-refractivity contribution < 1.29 is 9.84 Å². The van der Waals surface area contributed by atoms with Crippen molar-refractivity contribution in [1.29, 1.82) is 5.26 Å². The van der Waals surface area contributed by atoms with Crippen LogP contribution < -0.4 is 5.32 Å². The maximum atomic E-state index is 9.84. The van der Waals surface area contributed by atoms with Gasteiger partial charge in [0.15, 0.2) is 0 Å². The van der Waals surface area contributed by atoms with Gasteiger partial charge in [0.1, 0.15) is 5.60 Å². The highest BCUT2D eigenvalue weighted by molar-refractivity contribution is 4.87.